The summed E-state index contributed by atoms with van der Waals surface area (Å²) in [7, 11) is 0. The summed E-state index contributed by atoms with van der Waals surface area (Å²) >= 11 is 0. The van der Waals surface area contributed by atoms with Gasteiger partial charge in [-0.15, -0.1) is 13.2 Å². The summed E-state index contributed by atoms with van der Waals surface area (Å²) in [6.45, 7) is 4.95. The van der Waals surface area contributed by atoms with Crippen molar-refractivity contribution in [2.45, 2.75) is 39.2 Å². The van der Waals surface area contributed by atoms with Crippen molar-refractivity contribution in [1.29, 1.82) is 0 Å². The van der Waals surface area contributed by atoms with E-state index in [4.69, 9.17) is 4.42 Å². The van der Waals surface area contributed by atoms with E-state index in [0.29, 0.717) is 16.5 Å². The molecule has 33 heavy (non-hydrogen) atoms. The van der Waals surface area contributed by atoms with E-state index in [1.54, 1.807) is 13.0 Å². The number of amides is 3. The molecule has 4 rings (SSSR count). The molecular formula is C23H19F3N2O5. The van der Waals surface area contributed by atoms with Gasteiger partial charge in [0.15, 0.2) is 0 Å². The van der Waals surface area contributed by atoms with E-state index < -0.39 is 35.2 Å². The quantitative estimate of drug-likeness (QED) is 0.464. The number of carbonyl (C=O) groups excluding carboxylic acids is 2. The fourth-order valence-electron chi connectivity index (χ4n) is 3.85. The smallest absolute Gasteiger partial charge is 0.422 e. The highest BCUT2D eigenvalue weighted by Gasteiger charge is 2.49. The van der Waals surface area contributed by atoms with Crippen LogP contribution in [-0.2, 0) is 16.9 Å². The number of nitrogens with zero attached hydrogens (tertiary/aromatic N) is 1. The molecule has 1 unspecified atom stereocenters. The molecule has 1 atom stereocenters. The molecule has 0 spiro atoms. The summed E-state index contributed by atoms with van der Waals surface area (Å²) in [5, 5.41) is 3.19. The van der Waals surface area contributed by atoms with Crippen molar-refractivity contribution in [3.8, 4) is 5.75 Å². The highest BCUT2D eigenvalue weighted by atomic mass is 19.4. The van der Waals surface area contributed by atoms with Crippen LogP contribution in [0, 0.1) is 13.8 Å². The Morgan fingerprint density at radius 2 is 1.73 bits per heavy atom. The SMILES string of the molecule is Cc1ccc2c(CN3C(=O)NC(C)(c4ccc(OC(F)(F)F)cc4)C3=O)cc(=O)oc2c1C. The van der Waals surface area contributed by atoms with Gasteiger partial charge in [-0.2, -0.15) is 0 Å². The first kappa shape index (κ1) is 22.4. The number of hydrogen-bond acceptors (Lipinski definition) is 5. The lowest BCUT2D eigenvalue weighted by Crippen LogP contribution is -2.40. The molecule has 2 heterocycles. The van der Waals surface area contributed by atoms with Crippen molar-refractivity contribution in [3.05, 3.63) is 75.1 Å². The molecule has 0 radical (unpaired) electrons. The van der Waals surface area contributed by atoms with Crippen molar-refractivity contribution < 1.29 is 31.9 Å². The van der Waals surface area contributed by atoms with Crippen LogP contribution in [0.1, 0.15) is 29.2 Å². The molecule has 3 aromatic rings. The standard InChI is InChI=1S/C23H19F3N2O5/c1-12-4-9-17-14(10-18(29)32-19(17)13(12)2)11-28-20(30)22(3,27-21(28)31)15-5-7-16(8-6-15)33-23(24,25)26/h4-10H,11H2,1-3H3,(H,27,31). The minimum Gasteiger partial charge on any atom is -0.422 e. The van der Waals surface area contributed by atoms with Crippen LogP contribution in [0.5, 0.6) is 5.75 Å². The molecule has 1 aromatic heterocycles. The van der Waals surface area contributed by atoms with Crippen LogP contribution in [-0.4, -0.2) is 23.2 Å². The molecule has 1 aliphatic heterocycles. The minimum atomic E-state index is -4.85. The molecule has 1 N–H and O–H groups in total. The highest BCUT2D eigenvalue weighted by molar-refractivity contribution is 6.07. The maximum atomic E-state index is 13.2. The maximum Gasteiger partial charge on any atom is 0.573 e. The number of rotatable bonds is 4. The lowest BCUT2D eigenvalue weighted by Gasteiger charge is -2.23. The van der Waals surface area contributed by atoms with Gasteiger partial charge in [0.05, 0.1) is 6.54 Å². The third kappa shape index (κ3) is 4.04. The molecular weight excluding hydrogens is 441 g/mol. The van der Waals surface area contributed by atoms with Gasteiger partial charge in [0.2, 0.25) is 0 Å². The number of nitrogens with one attached hydrogen (secondary N) is 1. The summed E-state index contributed by atoms with van der Waals surface area (Å²) in [6.07, 6.45) is -4.85. The number of imide groups is 1. The molecule has 2 aromatic carbocycles. The third-order valence-corrected chi connectivity index (χ3v) is 5.79. The van der Waals surface area contributed by atoms with Crippen molar-refractivity contribution in [2.24, 2.45) is 0 Å². The largest absolute Gasteiger partial charge is 0.573 e. The van der Waals surface area contributed by atoms with E-state index in [1.165, 1.54) is 25.1 Å². The Morgan fingerprint density at radius 3 is 2.36 bits per heavy atom. The van der Waals surface area contributed by atoms with Crippen LogP contribution >= 0.6 is 0 Å². The first-order valence-electron chi connectivity index (χ1n) is 9.92. The number of ether oxygens (including phenoxy) is 1. The second-order valence-corrected chi connectivity index (χ2v) is 7.99. The first-order chi connectivity index (χ1) is 15.4. The lowest BCUT2D eigenvalue weighted by atomic mass is 9.92. The monoisotopic (exact) mass is 460 g/mol. The van der Waals surface area contributed by atoms with Crippen molar-refractivity contribution in [1.82, 2.24) is 10.2 Å². The zero-order chi connectivity index (χ0) is 24.1. The van der Waals surface area contributed by atoms with Gasteiger partial charge in [-0.3, -0.25) is 9.69 Å². The third-order valence-electron chi connectivity index (χ3n) is 5.79. The molecule has 1 saturated heterocycles. The Hall–Kier alpha value is -3.82. The summed E-state index contributed by atoms with van der Waals surface area (Å²) in [4.78, 5) is 39.0. The number of alkyl halides is 3. The minimum absolute atomic E-state index is 0.180. The van der Waals surface area contributed by atoms with E-state index in [9.17, 15) is 27.6 Å². The van der Waals surface area contributed by atoms with Crippen LogP contribution in [0.2, 0.25) is 0 Å². The van der Waals surface area contributed by atoms with E-state index in [0.717, 1.165) is 28.2 Å². The number of carbonyl (C=O) groups is 2. The summed E-state index contributed by atoms with van der Waals surface area (Å²) in [5.74, 6) is -1.06. The Labute approximate surface area is 185 Å². The fraction of sp³-hybridized carbons (Fsp3) is 0.261. The van der Waals surface area contributed by atoms with E-state index in [1.807, 2.05) is 13.0 Å². The number of fused-ring (bicyclic) bond motifs is 1. The maximum absolute atomic E-state index is 13.2. The van der Waals surface area contributed by atoms with Gasteiger partial charge < -0.3 is 14.5 Å². The van der Waals surface area contributed by atoms with Gasteiger partial charge in [0, 0.05) is 11.5 Å². The molecule has 0 saturated carbocycles. The molecule has 7 nitrogen and oxygen atoms in total. The zero-order valence-electron chi connectivity index (χ0n) is 17.9. The summed E-state index contributed by atoms with van der Waals surface area (Å²) in [5.41, 5.74) is 0.676. The van der Waals surface area contributed by atoms with Gasteiger partial charge in [-0.05, 0) is 55.2 Å². The molecule has 10 heteroatoms. The molecule has 0 bridgehead atoms. The number of hydrogen-bond donors (Lipinski definition) is 1. The molecule has 172 valence electrons. The number of benzene rings is 2. The van der Waals surface area contributed by atoms with Gasteiger partial charge in [0.1, 0.15) is 16.9 Å². The molecule has 1 fully saturated rings. The number of aryl methyl sites for hydroxylation is 2. The van der Waals surface area contributed by atoms with Crippen molar-refractivity contribution >= 4 is 22.9 Å². The highest BCUT2D eigenvalue weighted by Crippen LogP contribution is 2.33. The van der Waals surface area contributed by atoms with Crippen molar-refractivity contribution in [2.75, 3.05) is 0 Å². The summed E-state index contributed by atoms with van der Waals surface area (Å²) < 4.78 is 46.4. The molecule has 3 amide bonds. The average Bonchev–Trinajstić information content (AvgIpc) is 2.94. The molecule has 1 aliphatic rings. The fourth-order valence-corrected chi connectivity index (χ4v) is 3.85. The van der Waals surface area contributed by atoms with Gasteiger partial charge in [0.25, 0.3) is 5.91 Å². The van der Waals surface area contributed by atoms with Gasteiger partial charge >= 0.3 is 18.0 Å². The second kappa shape index (κ2) is 7.65. The average molecular weight is 460 g/mol. The van der Waals surface area contributed by atoms with Crippen LogP contribution in [0.25, 0.3) is 11.0 Å². The Kier molecular flexibility index (Phi) is 5.18. The van der Waals surface area contributed by atoms with E-state index in [2.05, 4.69) is 10.1 Å². The van der Waals surface area contributed by atoms with E-state index >= 15 is 0 Å². The number of halogens is 3. The zero-order valence-corrected chi connectivity index (χ0v) is 17.9. The topological polar surface area (TPSA) is 88.9 Å². The Balaban J connectivity index is 1.66. The van der Waals surface area contributed by atoms with Crippen LogP contribution in [0.3, 0.4) is 0 Å². The Bertz CT molecular complexity index is 1330. The van der Waals surface area contributed by atoms with Gasteiger partial charge in [-0.25, -0.2) is 9.59 Å². The Morgan fingerprint density at radius 1 is 1.06 bits per heavy atom. The number of urea groups is 1. The normalized spacial score (nSPS) is 18.7. The lowest BCUT2D eigenvalue weighted by molar-refractivity contribution is -0.274. The van der Waals surface area contributed by atoms with Crippen molar-refractivity contribution in [3.63, 3.8) is 0 Å². The summed E-state index contributed by atoms with van der Waals surface area (Å²) in [6, 6.07) is 8.84. The van der Waals surface area contributed by atoms with E-state index in [-0.39, 0.29) is 12.1 Å². The van der Waals surface area contributed by atoms with Crippen LogP contribution in [0.4, 0.5) is 18.0 Å². The first-order valence-corrected chi connectivity index (χ1v) is 9.92. The van der Waals surface area contributed by atoms with Gasteiger partial charge in [-0.1, -0.05) is 24.3 Å². The predicted molar refractivity (Wildman–Crippen MR) is 112 cm³/mol. The van der Waals surface area contributed by atoms with Crippen LogP contribution in [0.15, 0.2) is 51.7 Å². The predicted octanol–water partition coefficient (Wildman–Crippen LogP) is 4.28. The second-order valence-electron chi connectivity index (χ2n) is 7.99. The van der Waals surface area contributed by atoms with Crippen LogP contribution < -0.4 is 15.7 Å². The molecule has 0 aliphatic carbocycles.